The molecule has 1 aliphatic heterocycles. The number of nitrogens with one attached hydrogen (secondary N) is 1. The maximum Gasteiger partial charge on any atom is 0.260 e. The second-order valence-corrected chi connectivity index (χ2v) is 6.21. The second kappa shape index (κ2) is 7.47. The van der Waals surface area contributed by atoms with Crippen LogP contribution in [0.1, 0.15) is 42.8 Å². The molecule has 2 aromatic heterocycles. The van der Waals surface area contributed by atoms with Crippen molar-refractivity contribution < 1.29 is 9.53 Å². The van der Waals surface area contributed by atoms with Crippen molar-refractivity contribution in [3.8, 4) is 5.75 Å². The molecule has 0 bridgehead atoms. The molecular formula is C18H24N4O2. The average molecular weight is 328 g/mol. The number of likely N-dealkylation sites (tertiary alicyclic amines) is 1. The van der Waals surface area contributed by atoms with Crippen molar-refractivity contribution in [1.29, 1.82) is 0 Å². The minimum absolute atomic E-state index is 0.0423. The van der Waals surface area contributed by atoms with Gasteiger partial charge >= 0.3 is 0 Å². The first-order chi connectivity index (χ1) is 11.7. The van der Waals surface area contributed by atoms with Gasteiger partial charge in [0, 0.05) is 36.6 Å². The lowest BCUT2D eigenvalue weighted by atomic mass is 9.94. The number of hydrogen-bond donors (Lipinski definition) is 1. The van der Waals surface area contributed by atoms with Crippen LogP contribution in [0.3, 0.4) is 0 Å². The number of hydrogen-bond acceptors (Lipinski definition) is 4. The summed E-state index contributed by atoms with van der Waals surface area (Å²) in [6.45, 7) is 5.60. The number of carbonyl (C=O) groups is 1. The lowest BCUT2D eigenvalue weighted by molar-refractivity contribution is -0.134. The Hall–Kier alpha value is -2.37. The lowest BCUT2D eigenvalue weighted by Gasteiger charge is -2.31. The number of aryl methyl sites for hydroxylation is 2. The van der Waals surface area contributed by atoms with Crippen LogP contribution < -0.4 is 4.74 Å². The Balaban J connectivity index is 1.51. The molecule has 1 saturated heterocycles. The molecule has 24 heavy (non-hydrogen) atoms. The predicted octanol–water partition coefficient (Wildman–Crippen LogP) is 2.46. The van der Waals surface area contributed by atoms with Gasteiger partial charge in [-0.05, 0) is 44.4 Å². The summed E-state index contributed by atoms with van der Waals surface area (Å²) < 4.78 is 5.73. The quantitative estimate of drug-likeness (QED) is 0.915. The highest BCUT2D eigenvalue weighted by Gasteiger charge is 2.24. The van der Waals surface area contributed by atoms with Crippen molar-refractivity contribution in [2.45, 2.75) is 39.0 Å². The van der Waals surface area contributed by atoms with Crippen molar-refractivity contribution in [3.05, 3.63) is 41.5 Å². The average Bonchev–Trinajstić information content (AvgIpc) is 3.15. The zero-order valence-corrected chi connectivity index (χ0v) is 14.3. The molecule has 3 heterocycles. The summed E-state index contributed by atoms with van der Waals surface area (Å²) in [4.78, 5) is 18.7. The van der Waals surface area contributed by atoms with Crippen LogP contribution in [0, 0.1) is 6.92 Å². The SMILES string of the molecule is CCc1nc(C)ccc1OCC(=O)N1CCC(c2ccn[nH]2)CC1. The Kier molecular flexibility index (Phi) is 5.13. The van der Waals surface area contributed by atoms with E-state index in [2.05, 4.69) is 15.2 Å². The summed E-state index contributed by atoms with van der Waals surface area (Å²) in [5.41, 5.74) is 3.03. The van der Waals surface area contributed by atoms with E-state index in [1.165, 1.54) is 0 Å². The molecule has 3 rings (SSSR count). The van der Waals surface area contributed by atoms with Gasteiger partial charge in [0.1, 0.15) is 5.75 Å². The molecule has 0 unspecified atom stereocenters. The van der Waals surface area contributed by atoms with Gasteiger partial charge < -0.3 is 9.64 Å². The van der Waals surface area contributed by atoms with Gasteiger partial charge in [-0.2, -0.15) is 5.10 Å². The van der Waals surface area contributed by atoms with Gasteiger partial charge in [0.05, 0.1) is 5.69 Å². The molecule has 128 valence electrons. The van der Waals surface area contributed by atoms with Gasteiger partial charge in [-0.15, -0.1) is 0 Å². The van der Waals surface area contributed by atoms with E-state index in [9.17, 15) is 4.79 Å². The molecule has 0 radical (unpaired) electrons. The molecule has 0 saturated carbocycles. The van der Waals surface area contributed by atoms with Gasteiger partial charge in [0.25, 0.3) is 5.91 Å². The fraction of sp³-hybridized carbons (Fsp3) is 0.500. The minimum Gasteiger partial charge on any atom is -0.482 e. The van der Waals surface area contributed by atoms with Crippen molar-refractivity contribution in [1.82, 2.24) is 20.1 Å². The summed E-state index contributed by atoms with van der Waals surface area (Å²) in [6, 6.07) is 5.83. The van der Waals surface area contributed by atoms with Gasteiger partial charge in [0.15, 0.2) is 6.61 Å². The fourth-order valence-corrected chi connectivity index (χ4v) is 3.15. The molecule has 6 nitrogen and oxygen atoms in total. The second-order valence-electron chi connectivity index (χ2n) is 6.21. The molecule has 1 N–H and O–H groups in total. The van der Waals surface area contributed by atoms with Crippen LogP contribution in [0.4, 0.5) is 0 Å². The maximum atomic E-state index is 12.4. The molecule has 1 amide bonds. The number of amides is 1. The normalized spacial score (nSPS) is 15.5. The Morgan fingerprint density at radius 1 is 1.33 bits per heavy atom. The molecule has 6 heteroatoms. The van der Waals surface area contributed by atoms with Gasteiger partial charge in [-0.3, -0.25) is 14.9 Å². The minimum atomic E-state index is 0.0423. The molecule has 0 aromatic carbocycles. The number of piperidine rings is 1. The first kappa shape index (κ1) is 16.5. The topological polar surface area (TPSA) is 71.1 Å². The largest absolute Gasteiger partial charge is 0.482 e. The first-order valence-corrected chi connectivity index (χ1v) is 8.53. The molecule has 0 spiro atoms. The molecule has 0 aliphatic carbocycles. The summed E-state index contributed by atoms with van der Waals surface area (Å²) in [7, 11) is 0. The number of ether oxygens (including phenoxy) is 1. The zero-order chi connectivity index (χ0) is 16.9. The van der Waals surface area contributed by atoms with Crippen LogP contribution >= 0.6 is 0 Å². The molecular weight excluding hydrogens is 304 g/mol. The third kappa shape index (κ3) is 3.75. The van der Waals surface area contributed by atoms with E-state index < -0.39 is 0 Å². The van der Waals surface area contributed by atoms with Crippen LogP contribution in [0.25, 0.3) is 0 Å². The molecule has 0 atom stereocenters. The van der Waals surface area contributed by atoms with Crippen LogP contribution in [-0.4, -0.2) is 45.7 Å². The Morgan fingerprint density at radius 2 is 2.12 bits per heavy atom. The summed E-state index contributed by atoms with van der Waals surface area (Å²) >= 11 is 0. The van der Waals surface area contributed by atoms with Crippen molar-refractivity contribution in [2.75, 3.05) is 19.7 Å². The third-order valence-corrected chi connectivity index (χ3v) is 4.57. The van der Waals surface area contributed by atoms with E-state index in [0.29, 0.717) is 11.7 Å². The van der Waals surface area contributed by atoms with Crippen molar-refractivity contribution in [3.63, 3.8) is 0 Å². The Morgan fingerprint density at radius 3 is 2.79 bits per heavy atom. The number of aromatic nitrogens is 3. The number of carbonyl (C=O) groups excluding carboxylic acids is 1. The summed E-state index contributed by atoms with van der Waals surface area (Å²) in [5.74, 6) is 1.22. The Labute approximate surface area is 142 Å². The van der Waals surface area contributed by atoms with E-state index in [0.717, 1.165) is 49.4 Å². The van der Waals surface area contributed by atoms with Gasteiger partial charge in [-0.1, -0.05) is 6.92 Å². The van der Waals surface area contributed by atoms with Crippen LogP contribution in [-0.2, 0) is 11.2 Å². The first-order valence-electron chi connectivity index (χ1n) is 8.53. The summed E-state index contributed by atoms with van der Waals surface area (Å²) in [5, 5.41) is 7.04. The van der Waals surface area contributed by atoms with E-state index in [1.807, 2.05) is 36.9 Å². The fourth-order valence-electron chi connectivity index (χ4n) is 3.15. The van der Waals surface area contributed by atoms with E-state index in [4.69, 9.17) is 4.74 Å². The third-order valence-electron chi connectivity index (χ3n) is 4.57. The van der Waals surface area contributed by atoms with Crippen LogP contribution in [0.2, 0.25) is 0 Å². The number of H-pyrrole nitrogens is 1. The number of pyridine rings is 1. The smallest absolute Gasteiger partial charge is 0.260 e. The highest BCUT2D eigenvalue weighted by molar-refractivity contribution is 5.77. The van der Waals surface area contributed by atoms with Crippen molar-refractivity contribution in [2.24, 2.45) is 0 Å². The van der Waals surface area contributed by atoms with E-state index >= 15 is 0 Å². The Bertz CT molecular complexity index is 676. The highest BCUT2D eigenvalue weighted by atomic mass is 16.5. The molecule has 1 fully saturated rings. The maximum absolute atomic E-state index is 12.4. The number of nitrogens with zero attached hydrogens (tertiary/aromatic N) is 3. The van der Waals surface area contributed by atoms with Crippen LogP contribution in [0.15, 0.2) is 24.4 Å². The number of rotatable bonds is 5. The monoisotopic (exact) mass is 328 g/mol. The van der Waals surface area contributed by atoms with Gasteiger partial charge in [0.2, 0.25) is 0 Å². The highest BCUT2D eigenvalue weighted by Crippen LogP contribution is 2.26. The standard InChI is InChI=1S/C18H24N4O2/c1-3-15-17(5-4-13(2)20-15)24-12-18(23)22-10-7-14(8-11-22)16-6-9-19-21-16/h4-6,9,14H,3,7-8,10-12H2,1-2H3,(H,19,21). The van der Waals surface area contributed by atoms with Crippen molar-refractivity contribution >= 4 is 5.91 Å². The van der Waals surface area contributed by atoms with E-state index in [-0.39, 0.29) is 12.5 Å². The lowest BCUT2D eigenvalue weighted by Crippen LogP contribution is -2.40. The number of aromatic amines is 1. The molecule has 2 aromatic rings. The van der Waals surface area contributed by atoms with Crippen LogP contribution in [0.5, 0.6) is 5.75 Å². The summed E-state index contributed by atoms with van der Waals surface area (Å²) in [6.07, 6.45) is 4.49. The van der Waals surface area contributed by atoms with Gasteiger partial charge in [-0.25, -0.2) is 0 Å². The molecule has 1 aliphatic rings. The zero-order valence-electron chi connectivity index (χ0n) is 14.3. The van der Waals surface area contributed by atoms with E-state index in [1.54, 1.807) is 6.20 Å². The predicted molar refractivity (Wildman–Crippen MR) is 91.0 cm³/mol.